The topological polar surface area (TPSA) is 0 Å². The van der Waals surface area contributed by atoms with Gasteiger partial charge in [0.1, 0.15) is 0 Å². The molecular weight excluding hydrogens is 120 g/mol. The molecule has 0 rings (SSSR count). The van der Waals surface area contributed by atoms with Gasteiger partial charge in [-0.2, -0.15) is 0 Å². The van der Waals surface area contributed by atoms with Crippen LogP contribution in [-0.4, -0.2) is 0 Å². The summed E-state index contributed by atoms with van der Waals surface area (Å²) in [5.74, 6) is 0.668. The van der Waals surface area contributed by atoms with Gasteiger partial charge in [-0.1, -0.05) is 44.6 Å². The third-order valence-corrected chi connectivity index (χ3v) is 1.21. The first-order valence-corrected chi connectivity index (χ1v) is 4.01. The van der Waals surface area contributed by atoms with E-state index in [9.17, 15) is 0 Å². The molecule has 0 nitrogen and oxygen atoms in total. The Bertz CT molecular complexity index is 127. The highest BCUT2D eigenvalue weighted by Crippen LogP contribution is 2.02. The van der Waals surface area contributed by atoms with Crippen LogP contribution in [0.25, 0.3) is 0 Å². The fraction of sp³-hybridized carbons (Fsp3) is 0.600. The lowest BCUT2D eigenvalue weighted by Crippen LogP contribution is -1.79. The van der Waals surface area contributed by atoms with Gasteiger partial charge in [0, 0.05) is 0 Å². The van der Waals surface area contributed by atoms with Gasteiger partial charge in [-0.25, -0.2) is 0 Å². The third kappa shape index (κ3) is 5.61. The van der Waals surface area contributed by atoms with Crippen LogP contribution in [0.4, 0.5) is 0 Å². The van der Waals surface area contributed by atoms with E-state index in [1.54, 1.807) is 0 Å². The van der Waals surface area contributed by atoms with Gasteiger partial charge in [-0.3, -0.25) is 0 Å². The minimum Gasteiger partial charge on any atom is -0.0846 e. The van der Waals surface area contributed by atoms with Gasteiger partial charge in [0.2, 0.25) is 0 Å². The second-order valence-electron chi connectivity index (χ2n) is 2.97. The lowest BCUT2D eigenvalue weighted by Gasteiger charge is -1.95. The van der Waals surface area contributed by atoms with Crippen molar-refractivity contribution in [2.45, 2.75) is 34.1 Å². The zero-order chi connectivity index (χ0) is 7.98. The van der Waals surface area contributed by atoms with Crippen molar-refractivity contribution in [1.82, 2.24) is 0 Å². The van der Waals surface area contributed by atoms with E-state index in [2.05, 4.69) is 45.9 Å². The summed E-state index contributed by atoms with van der Waals surface area (Å²) in [6, 6.07) is 0. The third-order valence-electron chi connectivity index (χ3n) is 1.21. The SMILES string of the molecule is CC/C=C\C(C)=C/C(C)C. The van der Waals surface area contributed by atoms with Gasteiger partial charge in [-0.05, 0) is 19.3 Å². The predicted octanol–water partition coefficient (Wildman–Crippen LogP) is 3.55. The highest BCUT2D eigenvalue weighted by Gasteiger charge is 1.85. The molecule has 0 radical (unpaired) electrons. The molecule has 0 amide bonds. The number of rotatable bonds is 3. The molecule has 0 saturated carbocycles. The molecule has 0 aliphatic carbocycles. The van der Waals surface area contributed by atoms with E-state index in [-0.39, 0.29) is 0 Å². The molecule has 0 aromatic heterocycles. The molecule has 0 N–H and O–H groups in total. The van der Waals surface area contributed by atoms with Crippen molar-refractivity contribution >= 4 is 0 Å². The Balaban J connectivity index is 3.82. The Morgan fingerprint density at radius 2 is 2.00 bits per heavy atom. The smallest absolute Gasteiger partial charge is 0.0285 e. The Kier molecular flexibility index (Phi) is 5.00. The number of hydrogen-bond donors (Lipinski definition) is 0. The molecule has 58 valence electrons. The standard InChI is InChI=1S/C10H18/c1-5-6-7-10(4)8-9(2)3/h6-9H,5H2,1-4H3/b7-6-,10-8-. The summed E-state index contributed by atoms with van der Waals surface area (Å²) in [4.78, 5) is 0. The van der Waals surface area contributed by atoms with Crippen molar-refractivity contribution in [3.63, 3.8) is 0 Å². The van der Waals surface area contributed by atoms with Gasteiger partial charge < -0.3 is 0 Å². The lowest BCUT2D eigenvalue weighted by atomic mass is 10.1. The zero-order valence-electron chi connectivity index (χ0n) is 7.52. The Morgan fingerprint density at radius 3 is 2.40 bits per heavy atom. The minimum absolute atomic E-state index is 0.668. The van der Waals surface area contributed by atoms with Gasteiger partial charge in [0.05, 0.1) is 0 Å². The first-order valence-electron chi connectivity index (χ1n) is 4.01. The second kappa shape index (κ2) is 5.28. The van der Waals surface area contributed by atoms with Gasteiger partial charge in [0.25, 0.3) is 0 Å². The Morgan fingerprint density at radius 1 is 1.40 bits per heavy atom. The van der Waals surface area contributed by atoms with Crippen molar-refractivity contribution < 1.29 is 0 Å². The van der Waals surface area contributed by atoms with Crippen LogP contribution >= 0.6 is 0 Å². The first-order chi connectivity index (χ1) is 4.66. The average molecular weight is 138 g/mol. The molecular formula is C10H18. The fourth-order valence-corrected chi connectivity index (χ4v) is 0.885. The fourth-order valence-electron chi connectivity index (χ4n) is 0.885. The molecule has 0 bridgehead atoms. The average Bonchev–Trinajstić information content (AvgIpc) is 1.82. The van der Waals surface area contributed by atoms with Crippen LogP contribution in [-0.2, 0) is 0 Å². The molecule has 0 aromatic rings. The van der Waals surface area contributed by atoms with Crippen molar-refractivity contribution in [2.75, 3.05) is 0 Å². The van der Waals surface area contributed by atoms with Crippen molar-refractivity contribution in [1.29, 1.82) is 0 Å². The highest BCUT2D eigenvalue weighted by molar-refractivity contribution is 5.16. The van der Waals surface area contributed by atoms with Crippen LogP contribution in [0.3, 0.4) is 0 Å². The van der Waals surface area contributed by atoms with Gasteiger partial charge in [-0.15, -0.1) is 0 Å². The lowest BCUT2D eigenvalue weighted by molar-refractivity contribution is 0.825. The van der Waals surface area contributed by atoms with Gasteiger partial charge >= 0.3 is 0 Å². The summed E-state index contributed by atoms with van der Waals surface area (Å²) < 4.78 is 0. The Labute approximate surface area is 64.6 Å². The van der Waals surface area contributed by atoms with Gasteiger partial charge in [0.15, 0.2) is 0 Å². The maximum Gasteiger partial charge on any atom is -0.0285 e. The normalized spacial score (nSPS) is 13.5. The summed E-state index contributed by atoms with van der Waals surface area (Å²) in [7, 11) is 0. The number of allylic oxidation sites excluding steroid dienone is 4. The molecule has 0 heteroatoms. The summed E-state index contributed by atoms with van der Waals surface area (Å²) in [6.07, 6.45) is 7.77. The van der Waals surface area contributed by atoms with Crippen LogP contribution in [0.5, 0.6) is 0 Å². The summed E-state index contributed by atoms with van der Waals surface area (Å²) in [5.41, 5.74) is 1.37. The molecule has 10 heavy (non-hydrogen) atoms. The molecule has 0 unspecified atom stereocenters. The summed E-state index contributed by atoms with van der Waals surface area (Å²) >= 11 is 0. The molecule has 0 heterocycles. The molecule has 0 spiro atoms. The molecule has 0 fully saturated rings. The van der Waals surface area contributed by atoms with Crippen molar-refractivity contribution in [3.05, 3.63) is 23.8 Å². The minimum atomic E-state index is 0.668. The zero-order valence-corrected chi connectivity index (χ0v) is 7.52. The maximum atomic E-state index is 2.27. The Hall–Kier alpha value is -0.520. The van der Waals surface area contributed by atoms with E-state index in [1.165, 1.54) is 5.57 Å². The first kappa shape index (κ1) is 9.48. The van der Waals surface area contributed by atoms with Crippen LogP contribution in [0.2, 0.25) is 0 Å². The van der Waals surface area contributed by atoms with Crippen LogP contribution < -0.4 is 0 Å². The summed E-state index contributed by atoms with van der Waals surface area (Å²) in [6.45, 7) is 8.69. The van der Waals surface area contributed by atoms with E-state index >= 15 is 0 Å². The quantitative estimate of drug-likeness (QED) is 0.523. The van der Waals surface area contributed by atoms with Crippen LogP contribution in [0.1, 0.15) is 34.1 Å². The molecule has 0 atom stereocenters. The summed E-state index contributed by atoms with van der Waals surface area (Å²) in [5, 5.41) is 0. The van der Waals surface area contributed by atoms with E-state index < -0.39 is 0 Å². The van der Waals surface area contributed by atoms with E-state index in [0.29, 0.717) is 5.92 Å². The van der Waals surface area contributed by atoms with Crippen molar-refractivity contribution in [2.24, 2.45) is 5.92 Å². The van der Waals surface area contributed by atoms with E-state index in [4.69, 9.17) is 0 Å². The molecule has 0 aliphatic rings. The second-order valence-corrected chi connectivity index (χ2v) is 2.97. The largest absolute Gasteiger partial charge is 0.0846 e. The maximum absolute atomic E-state index is 2.27. The molecule has 0 aromatic carbocycles. The molecule has 0 saturated heterocycles. The van der Waals surface area contributed by atoms with Crippen molar-refractivity contribution in [3.8, 4) is 0 Å². The highest BCUT2D eigenvalue weighted by atomic mass is 13.9. The van der Waals surface area contributed by atoms with Crippen LogP contribution in [0, 0.1) is 5.92 Å². The number of hydrogen-bond acceptors (Lipinski definition) is 0. The molecule has 0 aliphatic heterocycles. The predicted molar refractivity (Wildman–Crippen MR) is 48.0 cm³/mol. The monoisotopic (exact) mass is 138 g/mol. The van der Waals surface area contributed by atoms with E-state index in [0.717, 1.165) is 6.42 Å². The van der Waals surface area contributed by atoms with Crippen LogP contribution in [0.15, 0.2) is 23.8 Å². The van der Waals surface area contributed by atoms with E-state index in [1.807, 2.05) is 0 Å².